The molecule has 0 aliphatic carbocycles. The van der Waals surface area contributed by atoms with Crippen LogP contribution in [-0.2, 0) is 4.79 Å². The number of carbonyl (C=O) groups is 1. The van der Waals surface area contributed by atoms with Crippen LogP contribution in [0.25, 0.3) is 5.69 Å². The lowest BCUT2D eigenvalue weighted by molar-refractivity contribution is -0.130. The Balaban J connectivity index is 1.98. The van der Waals surface area contributed by atoms with Crippen molar-refractivity contribution in [1.82, 2.24) is 25.1 Å². The minimum absolute atomic E-state index is 0.190. The van der Waals surface area contributed by atoms with Gasteiger partial charge in [-0.1, -0.05) is 11.8 Å². The predicted octanol–water partition coefficient (Wildman–Crippen LogP) is 2.42. The molecule has 2 rings (SSSR count). The van der Waals surface area contributed by atoms with Crippen LogP contribution in [0.2, 0.25) is 0 Å². The normalized spacial score (nSPS) is 10.6. The lowest BCUT2D eigenvalue weighted by Crippen LogP contribution is -2.30. The van der Waals surface area contributed by atoms with E-state index in [0.717, 1.165) is 31.0 Å². The molecule has 142 valence electrons. The fraction of sp³-hybridized carbons (Fsp3) is 0.529. The van der Waals surface area contributed by atoms with Crippen LogP contribution in [-0.4, -0.2) is 64.1 Å². The molecule has 0 N–H and O–H groups in total. The van der Waals surface area contributed by atoms with Gasteiger partial charge in [0.1, 0.15) is 0 Å². The molecule has 0 aliphatic heterocycles. The second kappa shape index (κ2) is 10.0. The van der Waals surface area contributed by atoms with Gasteiger partial charge in [-0.05, 0) is 42.8 Å². The van der Waals surface area contributed by atoms with E-state index >= 15 is 0 Å². The van der Waals surface area contributed by atoms with Crippen molar-refractivity contribution in [3.63, 3.8) is 0 Å². The van der Waals surface area contributed by atoms with Gasteiger partial charge in [-0.25, -0.2) is 0 Å². The summed E-state index contributed by atoms with van der Waals surface area (Å²) in [6.07, 6.45) is 1.31. The fourth-order valence-electron chi connectivity index (χ4n) is 2.51. The van der Waals surface area contributed by atoms with Crippen molar-refractivity contribution in [3.8, 4) is 17.2 Å². The predicted molar refractivity (Wildman–Crippen MR) is 100 cm³/mol. The summed E-state index contributed by atoms with van der Waals surface area (Å²) >= 11 is 1.52. The van der Waals surface area contributed by atoms with Crippen LogP contribution < -0.4 is 9.47 Å². The van der Waals surface area contributed by atoms with Gasteiger partial charge in [0, 0.05) is 31.3 Å². The van der Waals surface area contributed by atoms with Gasteiger partial charge in [0.2, 0.25) is 11.1 Å². The number of rotatable bonds is 10. The van der Waals surface area contributed by atoms with Gasteiger partial charge in [0.15, 0.2) is 11.5 Å². The van der Waals surface area contributed by atoms with Crippen LogP contribution in [0, 0.1) is 0 Å². The highest BCUT2D eigenvalue weighted by molar-refractivity contribution is 7.99. The van der Waals surface area contributed by atoms with Crippen LogP contribution in [0.1, 0.15) is 26.7 Å². The average Bonchev–Trinajstić information content (AvgIpc) is 3.14. The number of hydrogen-bond acceptors (Lipinski definition) is 7. The number of nitrogens with zero attached hydrogens (tertiary/aromatic N) is 5. The molecule has 0 aliphatic rings. The van der Waals surface area contributed by atoms with Gasteiger partial charge in [-0.15, -0.1) is 5.10 Å². The van der Waals surface area contributed by atoms with Crippen molar-refractivity contribution in [2.75, 3.05) is 33.1 Å². The summed E-state index contributed by atoms with van der Waals surface area (Å²) in [5.41, 5.74) is 0.786. The van der Waals surface area contributed by atoms with Crippen molar-refractivity contribution in [2.24, 2.45) is 0 Å². The molecule has 0 saturated carbocycles. The van der Waals surface area contributed by atoms with E-state index in [2.05, 4.69) is 15.5 Å². The van der Waals surface area contributed by atoms with Crippen molar-refractivity contribution >= 4 is 17.7 Å². The third kappa shape index (κ3) is 4.87. The van der Waals surface area contributed by atoms with Gasteiger partial charge in [-0.2, -0.15) is 4.68 Å². The third-order valence-corrected chi connectivity index (χ3v) is 4.94. The first-order valence-electron chi connectivity index (χ1n) is 8.55. The van der Waals surface area contributed by atoms with Crippen LogP contribution in [0.5, 0.6) is 11.5 Å². The van der Waals surface area contributed by atoms with Crippen molar-refractivity contribution in [1.29, 1.82) is 0 Å². The highest BCUT2D eigenvalue weighted by Gasteiger charge is 2.13. The lowest BCUT2D eigenvalue weighted by Gasteiger charge is -2.18. The fourth-order valence-corrected chi connectivity index (χ4v) is 3.34. The summed E-state index contributed by atoms with van der Waals surface area (Å²) in [5, 5.41) is 12.6. The minimum Gasteiger partial charge on any atom is -0.493 e. The molecule has 0 saturated heterocycles. The number of carbonyl (C=O) groups excluding carboxylic acids is 1. The van der Waals surface area contributed by atoms with E-state index in [1.165, 1.54) is 11.8 Å². The molecule has 1 aromatic carbocycles. The molecule has 0 bridgehead atoms. The highest BCUT2D eigenvalue weighted by Crippen LogP contribution is 2.30. The minimum atomic E-state index is 0.190. The maximum Gasteiger partial charge on any atom is 0.222 e. The smallest absolute Gasteiger partial charge is 0.222 e. The van der Waals surface area contributed by atoms with E-state index < -0.39 is 0 Å². The van der Waals surface area contributed by atoms with Gasteiger partial charge in [0.25, 0.3) is 0 Å². The SMILES string of the molecule is CCN(CC)C(=O)CCCSc1nnnn1-c1ccc(OC)c(OC)c1. The van der Waals surface area contributed by atoms with Crippen molar-refractivity contribution in [2.45, 2.75) is 31.8 Å². The van der Waals surface area contributed by atoms with Gasteiger partial charge < -0.3 is 14.4 Å². The largest absolute Gasteiger partial charge is 0.493 e. The molecule has 8 nitrogen and oxygen atoms in total. The maximum absolute atomic E-state index is 12.0. The maximum atomic E-state index is 12.0. The number of ether oxygens (including phenoxy) is 2. The monoisotopic (exact) mass is 379 g/mol. The standard InChI is InChI=1S/C17H25N5O3S/c1-5-21(6-2)16(23)8-7-11-26-17-18-19-20-22(17)13-9-10-14(24-3)15(12-13)25-4/h9-10,12H,5-8,11H2,1-4H3. The second-order valence-corrected chi connectivity index (χ2v) is 6.49. The first-order valence-corrected chi connectivity index (χ1v) is 9.54. The zero-order valence-electron chi connectivity index (χ0n) is 15.6. The Bertz CT molecular complexity index is 718. The first kappa shape index (κ1) is 20.0. The number of methoxy groups -OCH3 is 2. The van der Waals surface area contributed by atoms with Crippen LogP contribution in [0.3, 0.4) is 0 Å². The van der Waals surface area contributed by atoms with E-state index in [9.17, 15) is 4.79 Å². The summed E-state index contributed by atoms with van der Waals surface area (Å²) in [5.74, 6) is 2.21. The molecule has 0 spiro atoms. The molecule has 26 heavy (non-hydrogen) atoms. The molecule has 0 atom stereocenters. The van der Waals surface area contributed by atoms with Crippen LogP contribution >= 0.6 is 11.8 Å². The Morgan fingerprint density at radius 1 is 1.19 bits per heavy atom. The van der Waals surface area contributed by atoms with Crippen molar-refractivity contribution in [3.05, 3.63) is 18.2 Å². The Morgan fingerprint density at radius 3 is 2.58 bits per heavy atom. The molecule has 0 unspecified atom stereocenters. The number of thioether (sulfide) groups is 1. The van der Waals surface area contributed by atoms with Crippen molar-refractivity contribution < 1.29 is 14.3 Å². The average molecular weight is 379 g/mol. The number of benzene rings is 1. The summed E-state index contributed by atoms with van der Waals surface area (Å²) in [7, 11) is 3.18. The molecule has 1 heterocycles. The van der Waals surface area contributed by atoms with E-state index in [0.29, 0.717) is 23.1 Å². The molecular weight excluding hydrogens is 354 g/mol. The second-order valence-electron chi connectivity index (χ2n) is 5.43. The van der Waals surface area contributed by atoms with E-state index in [1.807, 2.05) is 36.9 Å². The Labute approximate surface area is 157 Å². The number of aromatic nitrogens is 4. The molecular formula is C17H25N5O3S. The molecule has 1 aromatic heterocycles. The van der Waals surface area contributed by atoms with Gasteiger partial charge in [-0.3, -0.25) is 4.79 Å². The number of hydrogen-bond donors (Lipinski definition) is 0. The first-order chi connectivity index (χ1) is 12.6. The quantitative estimate of drug-likeness (QED) is 0.463. The summed E-state index contributed by atoms with van der Waals surface area (Å²) in [6.45, 7) is 5.49. The highest BCUT2D eigenvalue weighted by atomic mass is 32.2. The Hall–Kier alpha value is -2.29. The van der Waals surface area contributed by atoms with Gasteiger partial charge in [0.05, 0.1) is 19.9 Å². The number of amides is 1. The summed E-state index contributed by atoms with van der Waals surface area (Å²) in [6, 6.07) is 5.50. The molecule has 0 radical (unpaired) electrons. The van der Waals surface area contributed by atoms with E-state index in [-0.39, 0.29) is 5.91 Å². The topological polar surface area (TPSA) is 82.4 Å². The van der Waals surface area contributed by atoms with E-state index in [4.69, 9.17) is 9.47 Å². The summed E-state index contributed by atoms with van der Waals surface area (Å²) < 4.78 is 12.2. The third-order valence-electron chi connectivity index (χ3n) is 3.93. The summed E-state index contributed by atoms with van der Waals surface area (Å²) in [4.78, 5) is 13.9. The van der Waals surface area contributed by atoms with Crippen LogP contribution in [0.4, 0.5) is 0 Å². The lowest BCUT2D eigenvalue weighted by atomic mass is 10.3. The van der Waals surface area contributed by atoms with E-state index in [1.54, 1.807) is 18.9 Å². The molecule has 2 aromatic rings. The Kier molecular flexibility index (Phi) is 7.71. The zero-order chi connectivity index (χ0) is 18.9. The molecule has 9 heteroatoms. The zero-order valence-corrected chi connectivity index (χ0v) is 16.5. The number of tetrazole rings is 1. The molecule has 1 amide bonds. The van der Waals surface area contributed by atoms with Gasteiger partial charge >= 0.3 is 0 Å². The molecule has 0 fully saturated rings. The Morgan fingerprint density at radius 2 is 1.92 bits per heavy atom. The van der Waals surface area contributed by atoms with Crippen LogP contribution in [0.15, 0.2) is 23.4 Å².